The van der Waals surface area contributed by atoms with Crippen LogP contribution < -0.4 is 0 Å². The summed E-state index contributed by atoms with van der Waals surface area (Å²) in [5.41, 5.74) is 9.28. The Hall–Kier alpha value is -6.79. The normalized spacial score (nSPS) is 13.0. The first kappa shape index (κ1) is 30.1. The highest BCUT2D eigenvalue weighted by atomic mass is 19.1. The van der Waals surface area contributed by atoms with E-state index in [2.05, 4.69) is 109 Å². The molecule has 2 heterocycles. The zero-order chi connectivity index (χ0) is 34.8. The highest BCUT2D eigenvalue weighted by Crippen LogP contribution is 2.56. The number of benzene rings is 7. The van der Waals surface area contributed by atoms with Gasteiger partial charge in [0.15, 0.2) is 11.6 Å². The number of halogens is 2. The minimum Gasteiger partial charge on any atom is -0.278 e. The molecular weight excluding hydrogens is 647 g/mol. The number of nitrogens with zero attached hydrogens (tertiary/aromatic N) is 4. The van der Waals surface area contributed by atoms with Crippen molar-refractivity contribution in [1.82, 2.24) is 19.5 Å². The van der Waals surface area contributed by atoms with Crippen LogP contribution in [0.5, 0.6) is 0 Å². The van der Waals surface area contributed by atoms with Crippen LogP contribution in [-0.2, 0) is 5.41 Å². The van der Waals surface area contributed by atoms with Crippen LogP contribution >= 0.6 is 0 Å². The molecule has 0 fully saturated rings. The van der Waals surface area contributed by atoms with Gasteiger partial charge in [0.1, 0.15) is 11.6 Å². The van der Waals surface area contributed by atoms with E-state index in [1.165, 1.54) is 46.5 Å². The molecule has 2 aromatic heterocycles. The topological polar surface area (TPSA) is 43.6 Å². The Morgan fingerprint density at radius 2 is 0.981 bits per heavy atom. The average Bonchev–Trinajstić information content (AvgIpc) is 3.69. The van der Waals surface area contributed by atoms with Crippen molar-refractivity contribution >= 4 is 21.8 Å². The molecule has 0 saturated heterocycles. The Morgan fingerprint density at radius 1 is 0.423 bits per heavy atom. The maximum absolute atomic E-state index is 14.6. The van der Waals surface area contributed by atoms with E-state index in [0.717, 1.165) is 32.9 Å². The number of fused-ring (bicyclic) bond motifs is 6. The minimum atomic E-state index is -0.609. The predicted molar refractivity (Wildman–Crippen MR) is 202 cm³/mol. The third-order valence-electron chi connectivity index (χ3n) is 10.3. The fourth-order valence-electron chi connectivity index (χ4n) is 8.11. The first-order valence-corrected chi connectivity index (χ1v) is 17.2. The highest BCUT2D eigenvalue weighted by molar-refractivity contribution is 6.09. The molecule has 7 aromatic carbocycles. The van der Waals surface area contributed by atoms with Gasteiger partial charge in [-0.3, -0.25) is 4.57 Å². The van der Waals surface area contributed by atoms with E-state index in [1.807, 2.05) is 16.7 Å². The summed E-state index contributed by atoms with van der Waals surface area (Å²) in [6.07, 6.45) is 0. The third-order valence-corrected chi connectivity index (χ3v) is 10.3. The molecule has 0 N–H and O–H groups in total. The van der Waals surface area contributed by atoms with Gasteiger partial charge in [-0.1, -0.05) is 133 Å². The van der Waals surface area contributed by atoms with Crippen molar-refractivity contribution in [2.75, 3.05) is 0 Å². The second kappa shape index (κ2) is 11.6. The Labute approximate surface area is 298 Å². The maximum atomic E-state index is 14.6. The molecule has 0 aliphatic heterocycles. The lowest BCUT2D eigenvalue weighted by atomic mass is 9.67. The van der Waals surface area contributed by atoms with E-state index in [1.54, 1.807) is 24.3 Å². The van der Waals surface area contributed by atoms with Crippen molar-refractivity contribution in [3.05, 3.63) is 204 Å². The zero-order valence-corrected chi connectivity index (χ0v) is 27.7. The number of rotatable bonds is 5. The summed E-state index contributed by atoms with van der Waals surface area (Å²) in [4.78, 5) is 14.7. The molecule has 0 spiro atoms. The summed E-state index contributed by atoms with van der Waals surface area (Å²) >= 11 is 0. The standard InChI is InChI=1S/C46H28F2N4/c47-33-16-10-12-29(26-33)43-49-44(30-13-11-17-34(48)27-30)51-45(50-43)52-41-23-9-6-20-37(41)38-25-24-32(28-42(38)52)46(31-14-2-1-3-15-31)39-21-7-4-18-35(39)36-19-5-8-22-40(36)46/h1-28H. The van der Waals surface area contributed by atoms with Gasteiger partial charge in [-0.25, -0.2) is 13.8 Å². The minimum absolute atomic E-state index is 0.283. The summed E-state index contributed by atoms with van der Waals surface area (Å²) in [5.74, 6) is 0.0987. The summed E-state index contributed by atoms with van der Waals surface area (Å²) in [5, 5.41) is 2.06. The Balaban J connectivity index is 1.30. The molecule has 0 atom stereocenters. The molecule has 0 radical (unpaired) electrons. The highest BCUT2D eigenvalue weighted by Gasteiger charge is 2.46. The van der Waals surface area contributed by atoms with E-state index in [9.17, 15) is 8.78 Å². The van der Waals surface area contributed by atoms with Crippen molar-refractivity contribution in [3.63, 3.8) is 0 Å². The number of aromatic nitrogens is 4. The quantitative estimate of drug-likeness (QED) is 0.183. The second-order valence-electron chi connectivity index (χ2n) is 13.1. The molecule has 1 aliphatic rings. The number of para-hydroxylation sites is 1. The van der Waals surface area contributed by atoms with Crippen LogP contribution in [0.15, 0.2) is 170 Å². The van der Waals surface area contributed by atoms with Crippen LogP contribution in [0.25, 0.3) is 61.7 Å². The van der Waals surface area contributed by atoms with Crippen LogP contribution in [0.2, 0.25) is 0 Å². The van der Waals surface area contributed by atoms with Crippen molar-refractivity contribution in [2.45, 2.75) is 5.41 Å². The average molecular weight is 675 g/mol. The maximum Gasteiger partial charge on any atom is 0.238 e. The largest absolute Gasteiger partial charge is 0.278 e. The molecule has 0 unspecified atom stereocenters. The second-order valence-corrected chi connectivity index (χ2v) is 13.1. The summed E-state index contributed by atoms with van der Waals surface area (Å²) in [6.45, 7) is 0. The van der Waals surface area contributed by atoms with E-state index < -0.39 is 17.0 Å². The molecule has 4 nitrogen and oxygen atoms in total. The lowest BCUT2D eigenvalue weighted by molar-refractivity contribution is 0.628. The smallest absolute Gasteiger partial charge is 0.238 e. The van der Waals surface area contributed by atoms with Gasteiger partial charge in [0.05, 0.1) is 16.4 Å². The van der Waals surface area contributed by atoms with Gasteiger partial charge in [0.25, 0.3) is 0 Å². The molecule has 6 heteroatoms. The molecule has 246 valence electrons. The van der Waals surface area contributed by atoms with Gasteiger partial charge in [-0.2, -0.15) is 9.97 Å². The van der Waals surface area contributed by atoms with Crippen molar-refractivity contribution < 1.29 is 8.78 Å². The lowest BCUT2D eigenvalue weighted by Crippen LogP contribution is -2.28. The van der Waals surface area contributed by atoms with E-state index in [4.69, 9.17) is 15.0 Å². The Morgan fingerprint density at radius 3 is 1.62 bits per heavy atom. The van der Waals surface area contributed by atoms with Gasteiger partial charge in [-0.15, -0.1) is 0 Å². The summed E-state index contributed by atoms with van der Waals surface area (Å²) < 4.78 is 31.2. The molecule has 9 aromatic rings. The molecule has 1 aliphatic carbocycles. The zero-order valence-electron chi connectivity index (χ0n) is 27.7. The van der Waals surface area contributed by atoms with Gasteiger partial charge >= 0.3 is 0 Å². The van der Waals surface area contributed by atoms with Crippen LogP contribution in [0.1, 0.15) is 22.3 Å². The van der Waals surface area contributed by atoms with Crippen LogP contribution in [0.3, 0.4) is 0 Å². The monoisotopic (exact) mass is 674 g/mol. The Kier molecular flexibility index (Phi) is 6.73. The van der Waals surface area contributed by atoms with Gasteiger partial charge in [-0.05, 0) is 69.8 Å². The number of hydrogen-bond acceptors (Lipinski definition) is 3. The molecule has 0 amide bonds. The van der Waals surface area contributed by atoms with Crippen LogP contribution in [-0.4, -0.2) is 19.5 Å². The first-order valence-electron chi connectivity index (χ1n) is 17.2. The van der Waals surface area contributed by atoms with Gasteiger partial charge < -0.3 is 0 Å². The Bertz CT molecular complexity index is 2730. The van der Waals surface area contributed by atoms with Crippen LogP contribution in [0.4, 0.5) is 8.78 Å². The molecule has 10 rings (SSSR count). The SMILES string of the molecule is Fc1cccc(-c2nc(-c3cccc(F)c3)nc(-n3c4ccccc4c4ccc(C5(c6ccccc6)c6ccccc6-c6ccccc65)cc43)n2)c1. The van der Waals surface area contributed by atoms with E-state index >= 15 is 0 Å². The fraction of sp³-hybridized carbons (Fsp3) is 0.0217. The molecule has 52 heavy (non-hydrogen) atoms. The fourth-order valence-corrected chi connectivity index (χ4v) is 8.11. The van der Waals surface area contributed by atoms with Crippen molar-refractivity contribution in [3.8, 4) is 39.9 Å². The van der Waals surface area contributed by atoms with E-state index in [0.29, 0.717) is 17.1 Å². The van der Waals surface area contributed by atoms with Crippen molar-refractivity contribution in [1.29, 1.82) is 0 Å². The molecular formula is C46H28F2N4. The van der Waals surface area contributed by atoms with E-state index in [-0.39, 0.29) is 11.6 Å². The van der Waals surface area contributed by atoms with Crippen molar-refractivity contribution in [2.24, 2.45) is 0 Å². The predicted octanol–water partition coefficient (Wildman–Crippen LogP) is 10.9. The van der Waals surface area contributed by atoms with Gasteiger partial charge in [0, 0.05) is 21.9 Å². The van der Waals surface area contributed by atoms with Crippen LogP contribution in [0, 0.1) is 11.6 Å². The number of hydrogen-bond donors (Lipinski definition) is 0. The lowest BCUT2D eigenvalue weighted by Gasteiger charge is -2.34. The first-order chi connectivity index (χ1) is 25.6. The third kappa shape index (κ3) is 4.47. The summed E-state index contributed by atoms with van der Waals surface area (Å²) in [6, 6.07) is 55.2. The molecule has 0 bridgehead atoms. The summed E-state index contributed by atoms with van der Waals surface area (Å²) in [7, 11) is 0. The van der Waals surface area contributed by atoms with Gasteiger partial charge in [0.2, 0.25) is 5.95 Å². The molecule has 0 saturated carbocycles.